The highest BCUT2D eigenvalue weighted by atomic mass is 32.2. The first-order valence-corrected chi connectivity index (χ1v) is 6.73. The highest BCUT2D eigenvalue weighted by molar-refractivity contribution is 7.98. The van der Waals surface area contributed by atoms with E-state index < -0.39 is 0 Å². The van der Waals surface area contributed by atoms with E-state index in [4.69, 9.17) is 0 Å². The molecule has 0 saturated carbocycles. The van der Waals surface area contributed by atoms with Gasteiger partial charge in [-0.2, -0.15) is 4.37 Å². The van der Waals surface area contributed by atoms with Crippen LogP contribution >= 0.6 is 23.3 Å². The van der Waals surface area contributed by atoms with Crippen molar-refractivity contribution in [2.75, 3.05) is 12.4 Å². The molecule has 0 bridgehead atoms. The molecule has 0 aliphatic heterocycles. The van der Waals surface area contributed by atoms with Gasteiger partial charge in [-0.25, -0.2) is 4.98 Å². The van der Waals surface area contributed by atoms with Crippen LogP contribution in [-0.4, -0.2) is 16.4 Å². The molecule has 0 radical (unpaired) electrons. The lowest BCUT2D eigenvalue weighted by Gasteiger charge is -1.99. The zero-order valence-corrected chi connectivity index (χ0v) is 10.9. The molecular formula is C11H13N3S2. The summed E-state index contributed by atoms with van der Waals surface area (Å²) >= 11 is 3.17. The third kappa shape index (κ3) is 2.96. The third-order valence-corrected chi connectivity index (χ3v) is 3.80. The van der Waals surface area contributed by atoms with Crippen LogP contribution in [0.5, 0.6) is 0 Å². The molecule has 0 aliphatic rings. The molecule has 0 atom stereocenters. The smallest absolute Gasteiger partial charge is 0.202 e. The summed E-state index contributed by atoms with van der Waals surface area (Å²) in [5.74, 6) is 1.71. The molecule has 0 spiro atoms. The maximum absolute atomic E-state index is 4.34. The molecule has 1 aromatic carbocycles. The maximum atomic E-state index is 4.34. The predicted molar refractivity (Wildman–Crippen MR) is 70.2 cm³/mol. The van der Waals surface area contributed by atoms with Crippen molar-refractivity contribution in [3.63, 3.8) is 0 Å². The summed E-state index contributed by atoms with van der Waals surface area (Å²) in [5.41, 5.74) is 1.28. The summed E-state index contributed by atoms with van der Waals surface area (Å²) in [5, 5.41) is 3.87. The van der Waals surface area contributed by atoms with Gasteiger partial charge in [-0.15, -0.1) is 11.8 Å². The van der Waals surface area contributed by atoms with Gasteiger partial charge in [-0.3, -0.25) is 0 Å². The molecule has 5 heteroatoms. The van der Waals surface area contributed by atoms with Gasteiger partial charge in [0.05, 0.1) is 5.75 Å². The summed E-state index contributed by atoms with van der Waals surface area (Å²) < 4.78 is 4.27. The molecule has 0 fully saturated rings. The Hall–Kier alpha value is -1.07. The van der Waals surface area contributed by atoms with E-state index in [1.54, 1.807) is 11.8 Å². The summed E-state index contributed by atoms with van der Waals surface area (Å²) in [4.78, 5) is 5.61. The number of aromatic nitrogens is 2. The minimum Gasteiger partial charge on any atom is -0.363 e. The standard InChI is InChI=1S/C11H13N3S2/c1-8-4-3-5-9(6-8)15-7-10-13-11(12-2)16-14-10/h3-6H,7H2,1-2H3,(H,12,13,14). The zero-order valence-electron chi connectivity index (χ0n) is 9.23. The molecule has 0 saturated heterocycles. The van der Waals surface area contributed by atoms with Gasteiger partial charge in [0.25, 0.3) is 0 Å². The number of nitrogens with zero attached hydrogens (tertiary/aromatic N) is 2. The second kappa shape index (κ2) is 5.32. The number of benzene rings is 1. The molecule has 84 valence electrons. The van der Waals surface area contributed by atoms with E-state index in [0.29, 0.717) is 0 Å². The number of nitrogens with one attached hydrogen (secondary N) is 1. The van der Waals surface area contributed by atoms with Gasteiger partial charge >= 0.3 is 0 Å². The zero-order chi connectivity index (χ0) is 11.4. The first-order chi connectivity index (χ1) is 7.78. The van der Waals surface area contributed by atoms with Crippen molar-refractivity contribution in [3.8, 4) is 0 Å². The van der Waals surface area contributed by atoms with Crippen molar-refractivity contribution in [2.24, 2.45) is 0 Å². The van der Waals surface area contributed by atoms with Crippen LogP contribution in [0.2, 0.25) is 0 Å². The van der Waals surface area contributed by atoms with Crippen molar-refractivity contribution in [1.29, 1.82) is 0 Å². The molecule has 3 nitrogen and oxygen atoms in total. The summed E-state index contributed by atoms with van der Waals surface area (Å²) in [6.07, 6.45) is 0. The van der Waals surface area contributed by atoms with Gasteiger partial charge in [0, 0.05) is 23.5 Å². The van der Waals surface area contributed by atoms with Gasteiger partial charge in [-0.05, 0) is 19.1 Å². The fourth-order valence-corrected chi connectivity index (χ4v) is 2.75. The number of hydrogen-bond donors (Lipinski definition) is 1. The Labute approximate surface area is 103 Å². The first-order valence-electron chi connectivity index (χ1n) is 4.98. The predicted octanol–water partition coefficient (Wildman–Crippen LogP) is 3.18. The second-order valence-electron chi connectivity index (χ2n) is 3.37. The molecule has 0 amide bonds. The molecular weight excluding hydrogens is 238 g/mol. The largest absolute Gasteiger partial charge is 0.363 e. The Morgan fingerprint density at radius 3 is 3.00 bits per heavy atom. The molecule has 1 heterocycles. The van der Waals surface area contributed by atoms with E-state index in [0.717, 1.165) is 16.7 Å². The van der Waals surface area contributed by atoms with Gasteiger partial charge in [0.2, 0.25) is 5.13 Å². The Balaban J connectivity index is 1.96. The highest BCUT2D eigenvalue weighted by Crippen LogP contribution is 2.23. The molecule has 0 unspecified atom stereocenters. The summed E-state index contributed by atoms with van der Waals surface area (Å²) in [6.45, 7) is 2.10. The number of aryl methyl sites for hydroxylation is 1. The Bertz CT molecular complexity index is 468. The van der Waals surface area contributed by atoms with Crippen LogP contribution < -0.4 is 5.32 Å². The van der Waals surface area contributed by atoms with Gasteiger partial charge < -0.3 is 5.32 Å². The average Bonchev–Trinajstić information content (AvgIpc) is 2.74. The SMILES string of the molecule is CNc1nc(CSc2cccc(C)c2)ns1. The van der Waals surface area contributed by atoms with E-state index >= 15 is 0 Å². The van der Waals surface area contributed by atoms with Crippen LogP contribution in [0.4, 0.5) is 5.13 Å². The average molecular weight is 251 g/mol. The number of rotatable bonds is 4. The van der Waals surface area contributed by atoms with Gasteiger partial charge in [0.15, 0.2) is 5.82 Å². The Kier molecular flexibility index (Phi) is 3.79. The number of anilines is 1. The van der Waals surface area contributed by atoms with Crippen LogP contribution in [-0.2, 0) is 5.75 Å². The first kappa shape index (κ1) is 11.4. The number of hydrogen-bond acceptors (Lipinski definition) is 5. The van der Waals surface area contributed by atoms with Crippen molar-refractivity contribution in [1.82, 2.24) is 9.36 Å². The lowest BCUT2D eigenvalue weighted by molar-refractivity contribution is 1.13. The third-order valence-electron chi connectivity index (χ3n) is 2.04. The number of thioether (sulfide) groups is 1. The van der Waals surface area contributed by atoms with E-state index in [1.165, 1.54) is 22.0 Å². The van der Waals surface area contributed by atoms with E-state index in [9.17, 15) is 0 Å². The van der Waals surface area contributed by atoms with Crippen LogP contribution in [0, 0.1) is 6.92 Å². The highest BCUT2D eigenvalue weighted by Gasteiger charge is 2.03. The Morgan fingerprint density at radius 2 is 2.31 bits per heavy atom. The topological polar surface area (TPSA) is 37.8 Å². The van der Waals surface area contributed by atoms with Crippen molar-refractivity contribution < 1.29 is 0 Å². The van der Waals surface area contributed by atoms with Crippen LogP contribution in [0.25, 0.3) is 0 Å². The van der Waals surface area contributed by atoms with Crippen LogP contribution in [0.3, 0.4) is 0 Å². The molecule has 16 heavy (non-hydrogen) atoms. The van der Waals surface area contributed by atoms with Crippen LogP contribution in [0.1, 0.15) is 11.4 Å². The second-order valence-corrected chi connectivity index (χ2v) is 5.17. The molecule has 2 rings (SSSR count). The normalized spacial score (nSPS) is 10.4. The minimum absolute atomic E-state index is 0.821. The van der Waals surface area contributed by atoms with Crippen molar-refractivity contribution in [2.45, 2.75) is 17.6 Å². The lowest BCUT2D eigenvalue weighted by Crippen LogP contribution is -1.88. The molecule has 2 aromatic rings. The summed E-state index contributed by atoms with van der Waals surface area (Å²) in [7, 11) is 1.86. The summed E-state index contributed by atoms with van der Waals surface area (Å²) in [6, 6.07) is 8.47. The van der Waals surface area contributed by atoms with Crippen molar-refractivity contribution >= 4 is 28.4 Å². The molecule has 1 N–H and O–H groups in total. The van der Waals surface area contributed by atoms with Crippen molar-refractivity contribution in [3.05, 3.63) is 35.7 Å². The fourth-order valence-electron chi connectivity index (χ4n) is 1.27. The minimum atomic E-state index is 0.821. The van der Waals surface area contributed by atoms with E-state index in [-0.39, 0.29) is 0 Å². The fraction of sp³-hybridized carbons (Fsp3) is 0.273. The van der Waals surface area contributed by atoms with Gasteiger partial charge in [-0.1, -0.05) is 17.7 Å². The van der Waals surface area contributed by atoms with E-state index in [2.05, 4.69) is 45.9 Å². The molecule has 0 aliphatic carbocycles. The lowest BCUT2D eigenvalue weighted by atomic mass is 10.2. The quantitative estimate of drug-likeness (QED) is 0.847. The molecule has 1 aromatic heterocycles. The Morgan fingerprint density at radius 1 is 1.44 bits per heavy atom. The maximum Gasteiger partial charge on any atom is 0.202 e. The van der Waals surface area contributed by atoms with E-state index in [1.807, 2.05) is 7.05 Å². The van der Waals surface area contributed by atoms with Crippen LogP contribution in [0.15, 0.2) is 29.2 Å². The van der Waals surface area contributed by atoms with Gasteiger partial charge in [0.1, 0.15) is 0 Å². The monoisotopic (exact) mass is 251 g/mol.